The number of benzene rings is 2. The predicted octanol–water partition coefficient (Wildman–Crippen LogP) is 3.88. The van der Waals surface area contributed by atoms with Crippen LogP contribution in [0.5, 0.6) is 0 Å². The van der Waals surface area contributed by atoms with Gasteiger partial charge in [0.2, 0.25) is 0 Å². The van der Waals surface area contributed by atoms with Gasteiger partial charge in [0, 0.05) is 5.56 Å². The van der Waals surface area contributed by atoms with E-state index in [2.05, 4.69) is 10.6 Å². The molecule has 1 aliphatic rings. The second-order valence-electron chi connectivity index (χ2n) is 5.64. The van der Waals surface area contributed by atoms with Gasteiger partial charge < -0.3 is 15.7 Å². The summed E-state index contributed by atoms with van der Waals surface area (Å²) >= 11 is 5.81. The predicted molar refractivity (Wildman–Crippen MR) is 88.6 cm³/mol. The Labute approximate surface area is 142 Å². The normalized spacial score (nSPS) is 14.8. The van der Waals surface area contributed by atoms with Crippen LogP contribution in [0.2, 0.25) is 5.02 Å². The van der Waals surface area contributed by atoms with Gasteiger partial charge in [-0.1, -0.05) is 41.9 Å². The van der Waals surface area contributed by atoms with Crippen LogP contribution in [0.3, 0.4) is 0 Å². The molecule has 0 unspecified atom stereocenters. The Hall–Kier alpha value is -2.60. The van der Waals surface area contributed by atoms with E-state index < -0.39 is 23.4 Å². The van der Waals surface area contributed by atoms with E-state index in [4.69, 9.17) is 16.7 Å². The molecule has 1 fully saturated rings. The van der Waals surface area contributed by atoms with Crippen molar-refractivity contribution in [3.63, 3.8) is 0 Å². The number of halogens is 2. The van der Waals surface area contributed by atoms with Crippen molar-refractivity contribution in [2.45, 2.75) is 18.4 Å². The first-order chi connectivity index (χ1) is 11.4. The van der Waals surface area contributed by atoms with Gasteiger partial charge in [-0.25, -0.2) is 14.0 Å². The molecule has 24 heavy (non-hydrogen) atoms. The molecule has 1 saturated carbocycles. The molecule has 7 heteroatoms. The number of carboxylic acids is 1. The summed E-state index contributed by atoms with van der Waals surface area (Å²) in [6, 6.07) is 10.8. The molecule has 0 aromatic heterocycles. The molecule has 124 valence electrons. The Morgan fingerprint density at radius 2 is 1.83 bits per heavy atom. The molecule has 1 aliphatic carbocycles. The van der Waals surface area contributed by atoms with E-state index >= 15 is 0 Å². The quantitative estimate of drug-likeness (QED) is 0.784. The number of carbonyl (C=O) groups is 2. The summed E-state index contributed by atoms with van der Waals surface area (Å²) in [6.07, 6.45) is 0.761. The lowest BCUT2D eigenvalue weighted by Crippen LogP contribution is -2.45. The number of aliphatic carboxylic acids is 1. The van der Waals surface area contributed by atoms with Gasteiger partial charge in [-0.3, -0.25) is 0 Å². The van der Waals surface area contributed by atoms with Gasteiger partial charge in [-0.2, -0.15) is 0 Å². The molecule has 0 heterocycles. The van der Waals surface area contributed by atoms with Crippen LogP contribution < -0.4 is 10.6 Å². The van der Waals surface area contributed by atoms with Crippen molar-refractivity contribution >= 4 is 29.3 Å². The third kappa shape index (κ3) is 3.19. The van der Waals surface area contributed by atoms with Crippen LogP contribution in [0.4, 0.5) is 14.9 Å². The number of urea groups is 1. The fourth-order valence-corrected chi connectivity index (χ4v) is 2.56. The molecule has 0 radical (unpaired) electrons. The van der Waals surface area contributed by atoms with Crippen LogP contribution in [0, 0.1) is 5.82 Å². The van der Waals surface area contributed by atoms with Gasteiger partial charge in [0.1, 0.15) is 11.4 Å². The molecule has 3 rings (SSSR count). The Kier molecular flexibility index (Phi) is 4.15. The van der Waals surface area contributed by atoms with Crippen molar-refractivity contribution in [1.82, 2.24) is 5.32 Å². The molecular formula is C17H14ClFN2O3. The highest BCUT2D eigenvalue weighted by Gasteiger charge is 2.51. The van der Waals surface area contributed by atoms with E-state index in [-0.39, 0.29) is 5.02 Å². The Morgan fingerprint density at radius 3 is 2.42 bits per heavy atom. The summed E-state index contributed by atoms with van der Waals surface area (Å²) < 4.78 is 13.8. The van der Waals surface area contributed by atoms with Crippen LogP contribution >= 0.6 is 11.6 Å². The van der Waals surface area contributed by atoms with E-state index in [1.54, 1.807) is 24.3 Å². The van der Waals surface area contributed by atoms with Crippen molar-refractivity contribution in [1.29, 1.82) is 0 Å². The average molecular weight is 349 g/mol. The maximum atomic E-state index is 13.8. The van der Waals surface area contributed by atoms with Crippen LogP contribution in [0.1, 0.15) is 12.8 Å². The molecule has 0 spiro atoms. The highest BCUT2D eigenvalue weighted by Crippen LogP contribution is 2.36. The number of hydrogen-bond acceptors (Lipinski definition) is 2. The zero-order valence-corrected chi connectivity index (χ0v) is 13.2. The topological polar surface area (TPSA) is 78.4 Å². The van der Waals surface area contributed by atoms with Gasteiger partial charge in [0.05, 0.1) is 10.7 Å². The summed E-state index contributed by atoms with van der Waals surface area (Å²) in [4.78, 5) is 23.3. The first kappa shape index (κ1) is 16.3. The molecule has 3 N–H and O–H groups in total. The molecule has 0 saturated heterocycles. The second kappa shape index (κ2) is 6.13. The minimum Gasteiger partial charge on any atom is -0.480 e. The number of anilines is 1. The maximum Gasteiger partial charge on any atom is 0.329 e. The number of nitrogens with one attached hydrogen (secondary N) is 2. The Balaban J connectivity index is 1.89. The third-order valence-electron chi connectivity index (χ3n) is 3.91. The lowest BCUT2D eigenvalue weighted by molar-refractivity contribution is -0.140. The number of carbonyl (C=O) groups excluding carboxylic acids is 1. The van der Waals surface area contributed by atoms with Crippen molar-refractivity contribution in [3.05, 3.63) is 53.3 Å². The molecule has 2 aromatic rings. The van der Waals surface area contributed by atoms with Crippen LogP contribution in [0.15, 0.2) is 42.5 Å². The number of rotatable bonds is 4. The maximum absolute atomic E-state index is 13.8. The smallest absolute Gasteiger partial charge is 0.329 e. The minimum atomic E-state index is -1.21. The van der Waals surface area contributed by atoms with Gasteiger partial charge in [0.15, 0.2) is 0 Å². The van der Waals surface area contributed by atoms with E-state index in [1.807, 2.05) is 6.07 Å². The molecule has 2 aromatic carbocycles. The highest BCUT2D eigenvalue weighted by molar-refractivity contribution is 6.31. The summed E-state index contributed by atoms with van der Waals surface area (Å²) in [6.45, 7) is 0. The second-order valence-corrected chi connectivity index (χ2v) is 6.05. The van der Waals surface area contributed by atoms with Gasteiger partial charge in [0.25, 0.3) is 0 Å². The van der Waals surface area contributed by atoms with Gasteiger partial charge in [-0.05, 0) is 30.5 Å². The highest BCUT2D eigenvalue weighted by atomic mass is 35.5. The minimum absolute atomic E-state index is 0.135. The summed E-state index contributed by atoms with van der Waals surface area (Å²) in [5.74, 6) is -1.68. The van der Waals surface area contributed by atoms with E-state index in [0.717, 1.165) is 0 Å². The monoisotopic (exact) mass is 348 g/mol. The summed E-state index contributed by atoms with van der Waals surface area (Å²) in [5.41, 5.74) is 0.239. The first-order valence-electron chi connectivity index (χ1n) is 7.28. The summed E-state index contributed by atoms with van der Waals surface area (Å²) in [5, 5.41) is 14.0. The third-order valence-corrected chi connectivity index (χ3v) is 4.20. The SMILES string of the molecule is O=C(Nc1cc(Cl)c(F)cc1-c1ccccc1)NC1(C(=O)O)CC1. The zero-order valence-electron chi connectivity index (χ0n) is 12.5. The molecule has 5 nitrogen and oxygen atoms in total. The molecule has 0 aliphatic heterocycles. The zero-order chi connectivity index (χ0) is 17.3. The van der Waals surface area contributed by atoms with Crippen LogP contribution in [-0.2, 0) is 4.79 Å². The van der Waals surface area contributed by atoms with Crippen molar-refractivity contribution in [3.8, 4) is 11.1 Å². The van der Waals surface area contributed by atoms with E-state index in [1.165, 1.54) is 12.1 Å². The van der Waals surface area contributed by atoms with Gasteiger partial charge in [-0.15, -0.1) is 0 Å². The van der Waals surface area contributed by atoms with Crippen LogP contribution in [0.25, 0.3) is 11.1 Å². The lowest BCUT2D eigenvalue weighted by atomic mass is 10.0. The number of carboxylic acid groups (broad SMARTS) is 1. The molecular weight excluding hydrogens is 335 g/mol. The average Bonchev–Trinajstić information content (AvgIpc) is 3.32. The standard InChI is InChI=1S/C17H14ClFN2O3/c18-12-9-14(20-16(24)21-17(6-7-17)15(22)23)11(8-13(12)19)10-4-2-1-3-5-10/h1-5,8-9H,6-7H2,(H,22,23)(H2,20,21,24). The fraction of sp³-hybridized carbons (Fsp3) is 0.176. The van der Waals surface area contributed by atoms with Crippen LogP contribution in [-0.4, -0.2) is 22.6 Å². The first-order valence-corrected chi connectivity index (χ1v) is 7.66. The molecule has 0 atom stereocenters. The van der Waals surface area contributed by atoms with E-state index in [0.29, 0.717) is 29.7 Å². The largest absolute Gasteiger partial charge is 0.480 e. The van der Waals surface area contributed by atoms with Gasteiger partial charge >= 0.3 is 12.0 Å². The molecule has 0 bridgehead atoms. The number of hydrogen-bond donors (Lipinski definition) is 3. The fourth-order valence-electron chi connectivity index (χ4n) is 2.40. The lowest BCUT2D eigenvalue weighted by Gasteiger charge is -2.16. The Morgan fingerprint density at radius 1 is 1.17 bits per heavy atom. The van der Waals surface area contributed by atoms with E-state index in [9.17, 15) is 14.0 Å². The van der Waals surface area contributed by atoms with Crippen molar-refractivity contribution in [2.24, 2.45) is 0 Å². The van der Waals surface area contributed by atoms with Crippen molar-refractivity contribution < 1.29 is 19.1 Å². The Bertz CT molecular complexity index is 807. The molecule has 2 amide bonds. The van der Waals surface area contributed by atoms with Crippen molar-refractivity contribution in [2.75, 3.05) is 5.32 Å². The number of amides is 2. The summed E-state index contributed by atoms with van der Waals surface area (Å²) in [7, 11) is 0.